The molecule has 0 radical (unpaired) electrons. The molecule has 6 heteroatoms. The normalized spacial score (nSPS) is 17.8. The van der Waals surface area contributed by atoms with Crippen LogP contribution in [0, 0.1) is 0 Å². The lowest BCUT2D eigenvalue weighted by Crippen LogP contribution is -3.15. The second kappa shape index (κ2) is 7.74. The third-order valence-corrected chi connectivity index (χ3v) is 3.66. The number of esters is 1. The van der Waals surface area contributed by atoms with Crippen molar-refractivity contribution in [2.45, 2.75) is 13.0 Å². The fourth-order valence-corrected chi connectivity index (χ4v) is 2.55. The van der Waals surface area contributed by atoms with Gasteiger partial charge in [-0.05, 0) is 18.4 Å². The van der Waals surface area contributed by atoms with E-state index in [1.807, 2.05) is 18.4 Å². The Labute approximate surface area is 117 Å². The average Bonchev–Trinajstić information content (AvgIpc) is 2.83. The number of morpholine rings is 1. The van der Waals surface area contributed by atoms with Crippen LogP contribution in [0.15, 0.2) is 17.5 Å². The molecule has 0 amide bonds. The number of carbonyl (C=O) groups is 1. The van der Waals surface area contributed by atoms with Gasteiger partial charge in [0.15, 0.2) is 0 Å². The van der Waals surface area contributed by atoms with E-state index in [0.717, 1.165) is 32.8 Å². The highest BCUT2D eigenvalue weighted by molar-refractivity contribution is 7.11. The molecule has 1 aliphatic rings. The summed E-state index contributed by atoms with van der Waals surface area (Å²) in [5.41, 5.74) is 0. The molecular formula is C12H18ClNO3S. The van der Waals surface area contributed by atoms with Crippen molar-refractivity contribution in [3.63, 3.8) is 0 Å². The van der Waals surface area contributed by atoms with Gasteiger partial charge < -0.3 is 26.8 Å². The third kappa shape index (κ3) is 4.57. The van der Waals surface area contributed by atoms with Crippen molar-refractivity contribution >= 4 is 17.3 Å². The Bertz CT molecular complexity index is 352. The summed E-state index contributed by atoms with van der Waals surface area (Å²) in [6, 6.07) is 3.65. The van der Waals surface area contributed by atoms with Gasteiger partial charge in [-0.2, -0.15) is 0 Å². The van der Waals surface area contributed by atoms with Gasteiger partial charge >= 0.3 is 5.97 Å². The molecule has 1 atom stereocenters. The van der Waals surface area contributed by atoms with Crippen molar-refractivity contribution < 1.29 is 31.6 Å². The second-order valence-electron chi connectivity index (χ2n) is 4.26. The molecule has 1 aromatic rings. The quantitative estimate of drug-likeness (QED) is 0.610. The minimum Gasteiger partial charge on any atom is -1.00 e. The molecule has 1 fully saturated rings. The van der Waals surface area contributed by atoms with Gasteiger partial charge in [0.25, 0.3) is 0 Å². The molecule has 102 valence electrons. The van der Waals surface area contributed by atoms with Crippen LogP contribution in [0.1, 0.15) is 16.6 Å². The fraction of sp³-hybridized carbons (Fsp3) is 0.583. The summed E-state index contributed by atoms with van der Waals surface area (Å²) < 4.78 is 10.7. The van der Waals surface area contributed by atoms with Crippen molar-refractivity contribution in [2.24, 2.45) is 0 Å². The number of hydrogen-bond donors (Lipinski definition) is 1. The highest BCUT2D eigenvalue weighted by atomic mass is 35.5. The number of nitrogens with one attached hydrogen (secondary N) is 1. The average molecular weight is 292 g/mol. The van der Waals surface area contributed by atoms with Crippen LogP contribution in [-0.2, 0) is 9.47 Å². The summed E-state index contributed by atoms with van der Waals surface area (Å²) in [5, 5.41) is 1.88. The smallest absolute Gasteiger partial charge is 0.348 e. The lowest BCUT2D eigenvalue weighted by Gasteiger charge is -2.26. The van der Waals surface area contributed by atoms with E-state index in [0.29, 0.717) is 4.88 Å². The predicted molar refractivity (Wildman–Crippen MR) is 65.6 cm³/mol. The van der Waals surface area contributed by atoms with E-state index < -0.39 is 0 Å². The number of rotatable bonds is 4. The zero-order valence-corrected chi connectivity index (χ0v) is 11.9. The van der Waals surface area contributed by atoms with Crippen molar-refractivity contribution in [2.75, 3.05) is 32.8 Å². The Balaban J connectivity index is 0.00000162. The maximum Gasteiger partial charge on any atom is 0.348 e. The SMILES string of the molecule is CC(C[NH+]1CCOCC1)OC(=O)c1cccs1.[Cl-]. The van der Waals surface area contributed by atoms with Crippen LogP contribution in [0.4, 0.5) is 0 Å². The summed E-state index contributed by atoms with van der Waals surface area (Å²) in [6.45, 7) is 6.43. The third-order valence-electron chi connectivity index (χ3n) is 2.81. The van der Waals surface area contributed by atoms with Gasteiger partial charge in [0, 0.05) is 0 Å². The molecule has 4 nitrogen and oxygen atoms in total. The van der Waals surface area contributed by atoms with Gasteiger partial charge in [-0.25, -0.2) is 4.79 Å². The molecule has 18 heavy (non-hydrogen) atoms. The van der Waals surface area contributed by atoms with Crippen LogP contribution in [0.5, 0.6) is 0 Å². The number of quaternary nitrogens is 1. The van der Waals surface area contributed by atoms with Gasteiger partial charge in [0.2, 0.25) is 0 Å². The van der Waals surface area contributed by atoms with E-state index in [9.17, 15) is 4.79 Å². The number of ether oxygens (including phenoxy) is 2. The maximum atomic E-state index is 11.7. The van der Waals surface area contributed by atoms with Gasteiger partial charge in [0.1, 0.15) is 30.6 Å². The zero-order chi connectivity index (χ0) is 12.1. The fourth-order valence-electron chi connectivity index (χ4n) is 1.95. The van der Waals surface area contributed by atoms with Crippen LogP contribution in [0.2, 0.25) is 0 Å². The zero-order valence-electron chi connectivity index (χ0n) is 10.4. The number of halogens is 1. The van der Waals surface area contributed by atoms with E-state index in [-0.39, 0.29) is 24.5 Å². The van der Waals surface area contributed by atoms with Gasteiger partial charge in [0.05, 0.1) is 13.2 Å². The number of carbonyl (C=O) groups excluding carboxylic acids is 1. The van der Waals surface area contributed by atoms with E-state index in [1.54, 1.807) is 6.07 Å². The second-order valence-corrected chi connectivity index (χ2v) is 5.21. The molecule has 1 saturated heterocycles. The van der Waals surface area contributed by atoms with Gasteiger partial charge in [-0.3, -0.25) is 0 Å². The first kappa shape index (κ1) is 15.4. The summed E-state index contributed by atoms with van der Waals surface area (Å²) in [5.74, 6) is -0.208. The molecule has 0 aliphatic carbocycles. The van der Waals surface area contributed by atoms with E-state index in [4.69, 9.17) is 9.47 Å². The van der Waals surface area contributed by atoms with E-state index in [1.165, 1.54) is 16.2 Å². The largest absolute Gasteiger partial charge is 1.00 e. The molecular weight excluding hydrogens is 274 g/mol. The molecule has 0 saturated carbocycles. The van der Waals surface area contributed by atoms with E-state index in [2.05, 4.69) is 0 Å². The Kier molecular flexibility index (Phi) is 6.63. The molecule has 1 aliphatic heterocycles. The number of hydrogen-bond acceptors (Lipinski definition) is 4. The van der Waals surface area contributed by atoms with Crippen LogP contribution in [0.3, 0.4) is 0 Å². The lowest BCUT2D eigenvalue weighted by atomic mass is 10.3. The number of thiophene rings is 1. The highest BCUT2D eigenvalue weighted by Crippen LogP contribution is 2.10. The Morgan fingerprint density at radius 2 is 2.28 bits per heavy atom. The molecule has 1 N–H and O–H groups in total. The molecule has 1 aromatic heterocycles. The summed E-state index contributed by atoms with van der Waals surface area (Å²) in [4.78, 5) is 13.8. The molecule has 0 aromatic carbocycles. The Morgan fingerprint density at radius 3 is 2.89 bits per heavy atom. The summed E-state index contributed by atoms with van der Waals surface area (Å²) in [7, 11) is 0. The molecule has 2 rings (SSSR count). The van der Waals surface area contributed by atoms with Crippen molar-refractivity contribution in [1.29, 1.82) is 0 Å². The minimum absolute atomic E-state index is 0. The summed E-state index contributed by atoms with van der Waals surface area (Å²) >= 11 is 1.42. The maximum absolute atomic E-state index is 11.7. The topological polar surface area (TPSA) is 40.0 Å². The molecule has 0 bridgehead atoms. The van der Waals surface area contributed by atoms with Gasteiger partial charge in [-0.15, -0.1) is 11.3 Å². The van der Waals surface area contributed by atoms with Crippen molar-refractivity contribution in [3.05, 3.63) is 22.4 Å². The van der Waals surface area contributed by atoms with Crippen LogP contribution >= 0.6 is 11.3 Å². The van der Waals surface area contributed by atoms with Crippen LogP contribution in [-0.4, -0.2) is 44.9 Å². The van der Waals surface area contributed by atoms with Gasteiger partial charge in [-0.1, -0.05) is 6.07 Å². The molecule has 0 spiro atoms. The highest BCUT2D eigenvalue weighted by Gasteiger charge is 2.20. The Morgan fingerprint density at radius 1 is 1.56 bits per heavy atom. The molecule has 2 heterocycles. The first-order valence-electron chi connectivity index (χ1n) is 5.91. The van der Waals surface area contributed by atoms with Crippen LogP contribution in [0.25, 0.3) is 0 Å². The standard InChI is InChI=1S/C12H17NO3S.ClH/c1-10(9-13-4-6-15-7-5-13)16-12(14)11-3-2-8-17-11;/h2-3,8,10H,4-7,9H2,1H3;1H. The van der Waals surface area contributed by atoms with Crippen molar-refractivity contribution in [1.82, 2.24) is 0 Å². The molecule has 1 unspecified atom stereocenters. The summed E-state index contributed by atoms with van der Waals surface area (Å²) in [6.07, 6.45) is -0.0438. The lowest BCUT2D eigenvalue weighted by molar-refractivity contribution is -0.910. The van der Waals surface area contributed by atoms with Crippen LogP contribution < -0.4 is 17.3 Å². The first-order valence-corrected chi connectivity index (χ1v) is 6.79. The van der Waals surface area contributed by atoms with Crippen molar-refractivity contribution in [3.8, 4) is 0 Å². The monoisotopic (exact) mass is 291 g/mol. The first-order chi connectivity index (χ1) is 8.25. The van der Waals surface area contributed by atoms with E-state index >= 15 is 0 Å². The minimum atomic E-state index is -0.208. The Hall–Kier alpha value is -0.620. The predicted octanol–water partition coefficient (Wildman–Crippen LogP) is -2.79.